The summed E-state index contributed by atoms with van der Waals surface area (Å²) in [5.41, 5.74) is 0. The molecule has 1 fully saturated rings. The van der Waals surface area contributed by atoms with E-state index in [1.165, 1.54) is 12.8 Å². The highest BCUT2D eigenvalue weighted by molar-refractivity contribution is 4.65. The lowest BCUT2D eigenvalue weighted by atomic mass is 10.1. The van der Waals surface area contributed by atoms with Crippen LogP contribution >= 0.6 is 0 Å². The minimum atomic E-state index is 0.345. The minimum absolute atomic E-state index is 0.345. The van der Waals surface area contributed by atoms with Crippen LogP contribution in [0.3, 0.4) is 0 Å². The summed E-state index contributed by atoms with van der Waals surface area (Å²) in [7, 11) is 0. The zero-order valence-corrected chi connectivity index (χ0v) is 10.1. The third-order valence-electron chi connectivity index (χ3n) is 2.88. The molecule has 0 radical (unpaired) electrons. The number of likely N-dealkylation sites (N-methyl/N-ethyl adjacent to an activating group) is 1. The highest BCUT2D eigenvalue weighted by atomic mass is 16.5. The molecule has 1 saturated heterocycles. The molecule has 0 saturated carbocycles. The summed E-state index contributed by atoms with van der Waals surface area (Å²) in [6.45, 7) is 7.83. The quantitative estimate of drug-likeness (QED) is 0.704. The smallest absolute Gasteiger partial charge is 0.0808 e. The van der Waals surface area contributed by atoms with E-state index >= 15 is 0 Å². The Labute approximate surface area is 93.5 Å². The van der Waals surface area contributed by atoms with E-state index in [1.54, 1.807) is 0 Å². The summed E-state index contributed by atoms with van der Waals surface area (Å²) in [5, 5.41) is 3.40. The predicted molar refractivity (Wildman–Crippen MR) is 62.2 cm³/mol. The van der Waals surface area contributed by atoms with E-state index in [9.17, 15) is 0 Å². The summed E-state index contributed by atoms with van der Waals surface area (Å²) in [6.07, 6.45) is 5.14. The topological polar surface area (TPSA) is 30.5 Å². The van der Waals surface area contributed by atoms with Crippen molar-refractivity contribution in [3.05, 3.63) is 0 Å². The molecule has 2 atom stereocenters. The van der Waals surface area contributed by atoms with Crippen LogP contribution in [0.25, 0.3) is 0 Å². The van der Waals surface area contributed by atoms with Crippen molar-refractivity contribution in [1.29, 1.82) is 0 Å². The number of hydrogen-bond acceptors (Lipinski definition) is 3. The average molecular weight is 215 g/mol. The second kappa shape index (κ2) is 8.08. The van der Waals surface area contributed by atoms with E-state index < -0.39 is 0 Å². The lowest BCUT2D eigenvalue weighted by molar-refractivity contribution is -0.0441. The summed E-state index contributed by atoms with van der Waals surface area (Å²) < 4.78 is 11.3. The number of hydrogen-bond donors (Lipinski definition) is 1. The van der Waals surface area contributed by atoms with Gasteiger partial charge in [0, 0.05) is 12.6 Å². The van der Waals surface area contributed by atoms with E-state index in [4.69, 9.17) is 9.47 Å². The first kappa shape index (κ1) is 12.9. The zero-order valence-electron chi connectivity index (χ0n) is 10.1. The molecule has 0 amide bonds. The average Bonchev–Trinajstić information content (AvgIpc) is 2.29. The van der Waals surface area contributed by atoms with Crippen LogP contribution in [0.1, 0.15) is 39.5 Å². The Hall–Kier alpha value is -0.120. The van der Waals surface area contributed by atoms with Gasteiger partial charge in [0.25, 0.3) is 0 Å². The van der Waals surface area contributed by atoms with Gasteiger partial charge in [-0.15, -0.1) is 0 Å². The molecule has 0 aromatic heterocycles. The van der Waals surface area contributed by atoms with Crippen LogP contribution in [0.15, 0.2) is 0 Å². The first-order valence-corrected chi connectivity index (χ1v) is 6.29. The van der Waals surface area contributed by atoms with Crippen molar-refractivity contribution in [2.24, 2.45) is 0 Å². The maximum absolute atomic E-state index is 5.69. The Morgan fingerprint density at radius 2 is 2.27 bits per heavy atom. The highest BCUT2D eigenvalue weighted by Gasteiger charge is 2.14. The van der Waals surface area contributed by atoms with Crippen LogP contribution in [0.5, 0.6) is 0 Å². The van der Waals surface area contributed by atoms with Crippen LogP contribution in [-0.2, 0) is 9.47 Å². The summed E-state index contributed by atoms with van der Waals surface area (Å²) in [5.74, 6) is 0. The van der Waals surface area contributed by atoms with E-state index in [1.807, 2.05) is 0 Å². The largest absolute Gasteiger partial charge is 0.377 e. The SMILES string of the molecule is CCNC(CC)COCC1CCCCO1. The van der Waals surface area contributed by atoms with Gasteiger partial charge in [-0.05, 0) is 32.2 Å². The van der Waals surface area contributed by atoms with Crippen LogP contribution in [-0.4, -0.2) is 38.5 Å². The zero-order chi connectivity index (χ0) is 10.9. The molecule has 3 heteroatoms. The fourth-order valence-corrected chi connectivity index (χ4v) is 1.89. The third kappa shape index (κ3) is 5.50. The Morgan fingerprint density at radius 3 is 2.87 bits per heavy atom. The standard InChI is InChI=1S/C12H25NO2/c1-3-11(13-4-2)9-14-10-12-7-5-6-8-15-12/h11-13H,3-10H2,1-2H3. The molecule has 0 aromatic carbocycles. The van der Waals surface area contributed by atoms with Crippen molar-refractivity contribution in [2.45, 2.75) is 51.7 Å². The maximum atomic E-state index is 5.69. The molecule has 90 valence electrons. The van der Waals surface area contributed by atoms with Gasteiger partial charge < -0.3 is 14.8 Å². The third-order valence-corrected chi connectivity index (χ3v) is 2.88. The van der Waals surface area contributed by atoms with Gasteiger partial charge >= 0.3 is 0 Å². The number of ether oxygens (including phenoxy) is 2. The molecule has 1 aliphatic rings. The maximum Gasteiger partial charge on any atom is 0.0808 e. The Bertz CT molecular complexity index is 142. The minimum Gasteiger partial charge on any atom is -0.377 e. The molecule has 15 heavy (non-hydrogen) atoms. The van der Waals surface area contributed by atoms with E-state index in [0.29, 0.717) is 12.1 Å². The molecular weight excluding hydrogens is 190 g/mol. The van der Waals surface area contributed by atoms with E-state index in [-0.39, 0.29) is 0 Å². The molecule has 0 bridgehead atoms. The van der Waals surface area contributed by atoms with Gasteiger partial charge in [0.1, 0.15) is 0 Å². The van der Waals surface area contributed by atoms with Gasteiger partial charge in [-0.1, -0.05) is 13.8 Å². The van der Waals surface area contributed by atoms with Crippen molar-refractivity contribution >= 4 is 0 Å². The molecule has 2 unspecified atom stereocenters. The van der Waals surface area contributed by atoms with Crippen molar-refractivity contribution < 1.29 is 9.47 Å². The van der Waals surface area contributed by atoms with Gasteiger partial charge in [-0.2, -0.15) is 0 Å². The Kier molecular flexibility index (Phi) is 6.98. The van der Waals surface area contributed by atoms with Gasteiger partial charge in [-0.25, -0.2) is 0 Å². The number of nitrogens with one attached hydrogen (secondary N) is 1. The molecule has 0 aromatic rings. The van der Waals surface area contributed by atoms with Gasteiger partial charge in [0.15, 0.2) is 0 Å². The van der Waals surface area contributed by atoms with Gasteiger partial charge in [0.2, 0.25) is 0 Å². The van der Waals surface area contributed by atoms with Crippen molar-refractivity contribution in [1.82, 2.24) is 5.32 Å². The fourth-order valence-electron chi connectivity index (χ4n) is 1.89. The fraction of sp³-hybridized carbons (Fsp3) is 1.00. The molecule has 1 N–H and O–H groups in total. The lowest BCUT2D eigenvalue weighted by Gasteiger charge is -2.23. The molecular formula is C12H25NO2. The molecule has 1 heterocycles. The summed E-state index contributed by atoms with van der Waals surface area (Å²) >= 11 is 0. The van der Waals surface area contributed by atoms with Gasteiger partial charge in [-0.3, -0.25) is 0 Å². The molecule has 0 aliphatic carbocycles. The second-order valence-corrected chi connectivity index (χ2v) is 4.19. The second-order valence-electron chi connectivity index (χ2n) is 4.19. The molecule has 3 nitrogen and oxygen atoms in total. The predicted octanol–water partition coefficient (Wildman–Crippen LogP) is 1.96. The van der Waals surface area contributed by atoms with Crippen molar-refractivity contribution in [3.8, 4) is 0 Å². The van der Waals surface area contributed by atoms with Gasteiger partial charge in [0.05, 0.1) is 19.3 Å². The van der Waals surface area contributed by atoms with E-state index in [2.05, 4.69) is 19.2 Å². The van der Waals surface area contributed by atoms with E-state index in [0.717, 1.165) is 39.2 Å². The summed E-state index contributed by atoms with van der Waals surface area (Å²) in [4.78, 5) is 0. The van der Waals surface area contributed by atoms with Crippen LogP contribution in [0.4, 0.5) is 0 Å². The first-order valence-electron chi connectivity index (χ1n) is 6.29. The lowest BCUT2D eigenvalue weighted by Crippen LogP contribution is -2.34. The van der Waals surface area contributed by atoms with Crippen LogP contribution in [0, 0.1) is 0 Å². The molecule has 1 rings (SSSR count). The highest BCUT2D eigenvalue weighted by Crippen LogP contribution is 2.12. The first-order chi connectivity index (χ1) is 7.36. The molecule has 1 aliphatic heterocycles. The van der Waals surface area contributed by atoms with Crippen molar-refractivity contribution in [2.75, 3.05) is 26.4 Å². The monoisotopic (exact) mass is 215 g/mol. The Morgan fingerprint density at radius 1 is 1.40 bits per heavy atom. The van der Waals surface area contributed by atoms with Crippen LogP contribution < -0.4 is 5.32 Å². The normalized spacial score (nSPS) is 24.0. The van der Waals surface area contributed by atoms with Crippen LogP contribution in [0.2, 0.25) is 0 Å². The van der Waals surface area contributed by atoms with Crippen molar-refractivity contribution in [3.63, 3.8) is 0 Å². The molecule has 0 spiro atoms. The summed E-state index contributed by atoms with van der Waals surface area (Å²) in [6, 6.07) is 0.499. The number of rotatable bonds is 7. The Balaban J connectivity index is 2.03.